The van der Waals surface area contributed by atoms with E-state index in [-0.39, 0.29) is 30.1 Å². The monoisotopic (exact) mass is 484 g/mol. The molecule has 0 aliphatic heterocycles. The molecule has 0 bridgehead atoms. The molecular weight excluding hydrogens is 448 g/mol. The minimum Gasteiger partial charge on any atom is -0.486 e. The van der Waals surface area contributed by atoms with Crippen molar-refractivity contribution in [3.05, 3.63) is 45.4 Å². The lowest BCUT2D eigenvalue weighted by Gasteiger charge is -2.33. The summed E-state index contributed by atoms with van der Waals surface area (Å²) in [6.45, 7) is 4.41. The second-order valence-electron chi connectivity index (χ2n) is 9.66. The van der Waals surface area contributed by atoms with Crippen molar-refractivity contribution < 1.29 is 14.3 Å². The fraction of sp³-hybridized carbons (Fsp3) is 0.577. The lowest BCUT2D eigenvalue weighted by molar-refractivity contribution is 0.0911. The fourth-order valence-corrected chi connectivity index (χ4v) is 5.69. The number of hydrogen-bond acceptors (Lipinski definition) is 5. The summed E-state index contributed by atoms with van der Waals surface area (Å²) in [7, 11) is 0. The van der Waals surface area contributed by atoms with E-state index in [1.165, 1.54) is 30.6 Å². The molecule has 2 aliphatic rings. The van der Waals surface area contributed by atoms with Crippen molar-refractivity contribution in [3.8, 4) is 5.75 Å². The molecule has 0 saturated heterocycles. The molecule has 34 heavy (non-hydrogen) atoms. The minimum absolute atomic E-state index is 0.0627. The van der Waals surface area contributed by atoms with Crippen LogP contribution in [0.2, 0.25) is 0 Å². The highest BCUT2D eigenvalue weighted by atomic mass is 32.1. The molecule has 3 N–H and O–H groups in total. The van der Waals surface area contributed by atoms with Gasteiger partial charge < -0.3 is 20.7 Å². The summed E-state index contributed by atoms with van der Waals surface area (Å²) in [5.74, 6) is 0.613. The largest absolute Gasteiger partial charge is 0.486 e. The van der Waals surface area contributed by atoms with Crippen molar-refractivity contribution in [3.63, 3.8) is 0 Å². The summed E-state index contributed by atoms with van der Waals surface area (Å²) < 4.78 is 5.88. The van der Waals surface area contributed by atoms with Crippen LogP contribution in [0.3, 0.4) is 0 Å². The molecule has 1 aromatic carbocycles. The molecule has 3 amide bonds. The normalized spacial score (nSPS) is 21.0. The zero-order valence-corrected chi connectivity index (χ0v) is 21.0. The molecule has 2 aliphatic carbocycles. The molecule has 184 valence electrons. The van der Waals surface area contributed by atoms with Crippen LogP contribution in [0.4, 0.5) is 4.79 Å². The van der Waals surface area contributed by atoms with E-state index in [1.54, 1.807) is 5.38 Å². The van der Waals surface area contributed by atoms with Crippen molar-refractivity contribution in [1.29, 1.82) is 0 Å². The smallest absolute Gasteiger partial charge is 0.315 e. The highest BCUT2D eigenvalue weighted by Gasteiger charge is 2.29. The number of carbonyl (C=O) groups is 2. The molecule has 8 heteroatoms. The zero-order valence-electron chi connectivity index (χ0n) is 20.2. The van der Waals surface area contributed by atoms with Crippen LogP contribution in [0.1, 0.15) is 84.4 Å². The van der Waals surface area contributed by atoms with E-state index in [2.05, 4.69) is 27.0 Å². The van der Waals surface area contributed by atoms with Crippen molar-refractivity contribution in [2.45, 2.75) is 96.4 Å². The van der Waals surface area contributed by atoms with Gasteiger partial charge in [0.1, 0.15) is 23.1 Å². The van der Waals surface area contributed by atoms with Gasteiger partial charge in [0.15, 0.2) is 0 Å². The summed E-state index contributed by atoms with van der Waals surface area (Å²) >= 11 is 1.42. The SMILES string of the molecule is Cc1cc(C)cc(OCc2nc(C(=O)N[C@H]3CCCC[C@@H]3NC(=O)NC3CCCCC3)cs2)c1. The Kier molecular flexibility index (Phi) is 8.43. The molecule has 2 saturated carbocycles. The second kappa shape index (κ2) is 11.7. The van der Waals surface area contributed by atoms with Gasteiger partial charge in [0.2, 0.25) is 0 Å². The van der Waals surface area contributed by atoms with Gasteiger partial charge >= 0.3 is 6.03 Å². The maximum atomic E-state index is 12.9. The van der Waals surface area contributed by atoms with Gasteiger partial charge in [-0.1, -0.05) is 38.2 Å². The van der Waals surface area contributed by atoms with Crippen LogP contribution in [0.25, 0.3) is 0 Å². The number of nitrogens with one attached hydrogen (secondary N) is 3. The van der Waals surface area contributed by atoms with Crippen LogP contribution in [0.15, 0.2) is 23.6 Å². The molecular formula is C26H36N4O3S. The van der Waals surface area contributed by atoms with Gasteiger partial charge in [0.25, 0.3) is 5.91 Å². The molecule has 0 radical (unpaired) electrons. The first kappa shape index (κ1) is 24.5. The summed E-state index contributed by atoms with van der Waals surface area (Å²) in [6.07, 6.45) is 9.54. The Labute approximate surface area is 206 Å². The molecule has 0 unspecified atom stereocenters. The highest BCUT2D eigenvalue weighted by Crippen LogP contribution is 2.22. The van der Waals surface area contributed by atoms with Crippen molar-refractivity contribution >= 4 is 23.3 Å². The van der Waals surface area contributed by atoms with Crippen LogP contribution in [-0.4, -0.2) is 35.0 Å². The molecule has 7 nitrogen and oxygen atoms in total. The van der Waals surface area contributed by atoms with E-state index in [0.717, 1.165) is 60.4 Å². The Morgan fingerprint density at radius 3 is 2.26 bits per heavy atom. The maximum Gasteiger partial charge on any atom is 0.315 e. The van der Waals surface area contributed by atoms with Crippen molar-refractivity contribution in [2.24, 2.45) is 0 Å². The molecule has 4 rings (SSSR count). The molecule has 2 fully saturated rings. The van der Waals surface area contributed by atoms with Gasteiger partial charge in [-0.05, 0) is 62.8 Å². The summed E-state index contributed by atoms with van der Waals surface area (Å²) in [4.78, 5) is 29.9. The third kappa shape index (κ3) is 6.95. The fourth-order valence-electron chi connectivity index (χ4n) is 5.00. The summed E-state index contributed by atoms with van der Waals surface area (Å²) in [6, 6.07) is 6.10. The molecule has 2 aromatic rings. The second-order valence-corrected chi connectivity index (χ2v) is 10.6. The van der Waals surface area contributed by atoms with Crippen molar-refractivity contribution in [1.82, 2.24) is 20.9 Å². The third-order valence-corrected chi connectivity index (χ3v) is 7.50. The van der Waals surface area contributed by atoms with E-state index in [0.29, 0.717) is 12.3 Å². The Balaban J connectivity index is 1.29. The first-order valence-electron chi connectivity index (χ1n) is 12.5. The first-order valence-corrected chi connectivity index (χ1v) is 13.4. The number of nitrogens with zero attached hydrogens (tertiary/aromatic N) is 1. The van der Waals surface area contributed by atoms with E-state index < -0.39 is 0 Å². The number of aryl methyl sites for hydroxylation is 2. The Hall–Kier alpha value is -2.61. The van der Waals surface area contributed by atoms with Crippen LogP contribution in [0, 0.1) is 13.8 Å². The predicted octanol–water partition coefficient (Wildman–Crippen LogP) is 5.01. The van der Waals surface area contributed by atoms with Crippen LogP contribution in [0.5, 0.6) is 5.75 Å². The standard InChI is InChI=1S/C26H36N4O3S/c1-17-12-18(2)14-20(13-17)33-15-24-28-23(16-34-24)25(31)29-21-10-6-7-11-22(21)30-26(32)27-19-8-4-3-5-9-19/h12-14,16,19,21-22H,3-11,15H2,1-2H3,(H,29,31)(H2,27,30,32)/t21-,22-/m0/s1. The van der Waals surface area contributed by atoms with Crippen LogP contribution < -0.4 is 20.7 Å². The zero-order chi connectivity index (χ0) is 23.9. The quantitative estimate of drug-likeness (QED) is 0.515. The maximum absolute atomic E-state index is 12.9. The lowest BCUT2D eigenvalue weighted by Crippen LogP contribution is -2.56. The molecule has 1 aromatic heterocycles. The van der Waals surface area contributed by atoms with E-state index in [1.807, 2.05) is 26.0 Å². The van der Waals surface area contributed by atoms with Gasteiger partial charge in [0.05, 0.1) is 6.04 Å². The van der Waals surface area contributed by atoms with E-state index in [9.17, 15) is 9.59 Å². The average molecular weight is 485 g/mol. The van der Waals surface area contributed by atoms with Gasteiger partial charge in [-0.2, -0.15) is 0 Å². The number of amides is 3. The number of urea groups is 1. The summed E-state index contributed by atoms with van der Waals surface area (Å²) in [5.41, 5.74) is 2.70. The number of rotatable bonds is 7. The molecule has 1 heterocycles. The topological polar surface area (TPSA) is 92.3 Å². The number of hydrogen-bond donors (Lipinski definition) is 3. The van der Waals surface area contributed by atoms with Gasteiger partial charge in [0, 0.05) is 17.5 Å². The summed E-state index contributed by atoms with van der Waals surface area (Å²) in [5, 5.41) is 11.9. The van der Waals surface area contributed by atoms with Crippen LogP contribution in [-0.2, 0) is 6.61 Å². The van der Waals surface area contributed by atoms with E-state index >= 15 is 0 Å². The Bertz CT molecular complexity index is 966. The van der Waals surface area contributed by atoms with Gasteiger partial charge in [-0.25, -0.2) is 9.78 Å². The Morgan fingerprint density at radius 2 is 1.56 bits per heavy atom. The number of thiazole rings is 1. The first-order chi connectivity index (χ1) is 16.5. The lowest BCUT2D eigenvalue weighted by atomic mass is 9.90. The third-order valence-electron chi connectivity index (χ3n) is 6.68. The molecule has 2 atom stereocenters. The van der Waals surface area contributed by atoms with Crippen LogP contribution >= 0.6 is 11.3 Å². The predicted molar refractivity (Wildman–Crippen MR) is 134 cm³/mol. The highest BCUT2D eigenvalue weighted by molar-refractivity contribution is 7.09. The molecule has 0 spiro atoms. The van der Waals surface area contributed by atoms with Gasteiger partial charge in [-0.15, -0.1) is 11.3 Å². The number of benzene rings is 1. The Morgan fingerprint density at radius 1 is 0.912 bits per heavy atom. The van der Waals surface area contributed by atoms with E-state index in [4.69, 9.17) is 4.74 Å². The van der Waals surface area contributed by atoms with Crippen molar-refractivity contribution in [2.75, 3.05) is 0 Å². The number of ether oxygens (including phenoxy) is 1. The number of aromatic nitrogens is 1. The minimum atomic E-state index is -0.194. The number of carbonyl (C=O) groups excluding carboxylic acids is 2. The van der Waals surface area contributed by atoms with Gasteiger partial charge in [-0.3, -0.25) is 4.79 Å². The average Bonchev–Trinajstić information content (AvgIpc) is 3.28.